The van der Waals surface area contributed by atoms with Crippen LogP contribution in [0.4, 0.5) is 0 Å². The van der Waals surface area contributed by atoms with Crippen LogP contribution in [0, 0.1) is 0 Å². The second-order valence-electron chi connectivity index (χ2n) is 4.62. The fraction of sp³-hybridized carbons (Fsp3) is 0.545. The molecule has 1 saturated heterocycles. The third-order valence-electron chi connectivity index (χ3n) is 3.04. The summed E-state index contributed by atoms with van der Waals surface area (Å²) in [6.07, 6.45) is 1.02. The molecule has 7 nitrogen and oxygen atoms in total. The summed E-state index contributed by atoms with van der Waals surface area (Å²) in [5.74, 6) is -1.19. The molecular formula is C11H16N2O5S. The number of sulfonamides is 1. The van der Waals surface area contributed by atoms with E-state index in [4.69, 9.17) is 9.84 Å². The number of aromatic nitrogens is 1. The van der Waals surface area contributed by atoms with E-state index in [9.17, 15) is 13.2 Å². The van der Waals surface area contributed by atoms with Crippen molar-refractivity contribution in [2.75, 3.05) is 13.2 Å². The molecule has 1 aromatic heterocycles. The molecule has 1 aliphatic rings. The van der Waals surface area contributed by atoms with E-state index in [1.165, 1.54) is 10.5 Å². The molecule has 0 radical (unpaired) electrons. The first kappa shape index (κ1) is 14.0. The molecule has 2 unspecified atom stereocenters. The topological polar surface area (TPSA) is 99.7 Å². The predicted molar refractivity (Wildman–Crippen MR) is 66.5 cm³/mol. The number of hydrogen-bond acceptors (Lipinski definition) is 4. The summed E-state index contributed by atoms with van der Waals surface area (Å²) in [6.45, 7) is 4.15. The van der Waals surface area contributed by atoms with Gasteiger partial charge in [-0.15, -0.1) is 0 Å². The number of nitrogens with one attached hydrogen (secondary N) is 1. The van der Waals surface area contributed by atoms with E-state index in [2.05, 4.69) is 4.98 Å². The number of carboxylic acids is 1. The zero-order valence-corrected chi connectivity index (χ0v) is 11.5. The van der Waals surface area contributed by atoms with Gasteiger partial charge in [0, 0.05) is 18.8 Å². The molecule has 1 aromatic rings. The number of carbonyl (C=O) groups is 1. The van der Waals surface area contributed by atoms with Crippen molar-refractivity contribution < 1.29 is 23.1 Å². The highest BCUT2D eigenvalue weighted by Gasteiger charge is 2.34. The minimum atomic E-state index is -3.70. The first-order valence-electron chi connectivity index (χ1n) is 5.87. The van der Waals surface area contributed by atoms with Crippen molar-refractivity contribution in [1.82, 2.24) is 9.29 Å². The number of rotatable bonds is 3. The lowest BCUT2D eigenvalue weighted by Crippen LogP contribution is -2.49. The van der Waals surface area contributed by atoms with Crippen LogP contribution in [0.15, 0.2) is 17.2 Å². The molecule has 2 rings (SSSR count). The summed E-state index contributed by atoms with van der Waals surface area (Å²) in [7, 11) is -3.70. The van der Waals surface area contributed by atoms with Gasteiger partial charge in [0.25, 0.3) is 0 Å². The molecule has 2 N–H and O–H groups in total. The summed E-state index contributed by atoms with van der Waals surface area (Å²) in [5, 5.41) is 8.81. The van der Waals surface area contributed by atoms with Crippen LogP contribution < -0.4 is 0 Å². The minimum absolute atomic E-state index is 0.0362. The number of aromatic amines is 1. The van der Waals surface area contributed by atoms with Crippen molar-refractivity contribution in [2.45, 2.75) is 30.9 Å². The molecule has 0 amide bonds. The molecule has 106 valence electrons. The molecular weight excluding hydrogens is 272 g/mol. The monoisotopic (exact) mass is 288 g/mol. The van der Waals surface area contributed by atoms with Gasteiger partial charge in [-0.3, -0.25) is 0 Å². The van der Waals surface area contributed by atoms with Crippen LogP contribution in [0.25, 0.3) is 0 Å². The van der Waals surface area contributed by atoms with Gasteiger partial charge in [-0.25, -0.2) is 13.2 Å². The van der Waals surface area contributed by atoms with Gasteiger partial charge >= 0.3 is 5.97 Å². The maximum absolute atomic E-state index is 12.4. The van der Waals surface area contributed by atoms with Crippen LogP contribution in [0.2, 0.25) is 0 Å². The zero-order valence-electron chi connectivity index (χ0n) is 10.7. The van der Waals surface area contributed by atoms with Crippen molar-refractivity contribution in [2.24, 2.45) is 0 Å². The average molecular weight is 288 g/mol. The van der Waals surface area contributed by atoms with E-state index in [-0.39, 0.29) is 29.3 Å². The lowest BCUT2D eigenvalue weighted by atomic mass is 10.2. The van der Waals surface area contributed by atoms with E-state index >= 15 is 0 Å². The van der Waals surface area contributed by atoms with Gasteiger partial charge in [0.2, 0.25) is 10.0 Å². The highest BCUT2D eigenvalue weighted by atomic mass is 32.2. The van der Waals surface area contributed by atoms with Crippen molar-refractivity contribution in [1.29, 1.82) is 0 Å². The Hall–Kier alpha value is -1.38. The van der Waals surface area contributed by atoms with Crippen LogP contribution in [0.5, 0.6) is 0 Å². The summed E-state index contributed by atoms with van der Waals surface area (Å²) in [6, 6.07) is 0.856. The maximum Gasteiger partial charge on any atom is 0.352 e. The van der Waals surface area contributed by atoms with E-state index in [1.54, 1.807) is 13.8 Å². The molecule has 0 bridgehead atoms. The number of aromatic carboxylic acids is 1. The fourth-order valence-electron chi connectivity index (χ4n) is 1.99. The van der Waals surface area contributed by atoms with E-state index in [0.29, 0.717) is 6.61 Å². The summed E-state index contributed by atoms with van der Waals surface area (Å²) in [4.78, 5) is 13.2. The largest absolute Gasteiger partial charge is 0.477 e. The molecule has 0 aliphatic carbocycles. The van der Waals surface area contributed by atoms with Crippen LogP contribution >= 0.6 is 0 Å². The maximum atomic E-state index is 12.4. The Morgan fingerprint density at radius 3 is 2.79 bits per heavy atom. The number of morpholine rings is 1. The number of hydrogen-bond donors (Lipinski definition) is 2. The fourth-order valence-corrected chi connectivity index (χ4v) is 3.68. The second-order valence-corrected chi connectivity index (χ2v) is 6.51. The molecule has 0 saturated carbocycles. The van der Waals surface area contributed by atoms with Crippen molar-refractivity contribution >= 4 is 16.0 Å². The zero-order chi connectivity index (χ0) is 14.2. The standard InChI is InChI=1S/C11H16N2O5S/c1-7-6-18-8(2)5-13(7)19(16,17)9-3-10(11(14)15)12-4-9/h3-4,7-8,12H,5-6H2,1-2H3,(H,14,15). The molecule has 8 heteroatoms. The van der Waals surface area contributed by atoms with Gasteiger partial charge in [0.1, 0.15) is 10.6 Å². The third kappa shape index (κ3) is 2.65. The summed E-state index contributed by atoms with van der Waals surface area (Å²) >= 11 is 0. The Labute approximate surface area is 111 Å². The van der Waals surface area contributed by atoms with E-state index in [1.807, 2.05) is 0 Å². The highest BCUT2D eigenvalue weighted by Crippen LogP contribution is 2.23. The van der Waals surface area contributed by atoms with Crippen LogP contribution in [-0.2, 0) is 14.8 Å². The van der Waals surface area contributed by atoms with Crippen molar-refractivity contribution in [3.8, 4) is 0 Å². The number of carboxylic acid groups (broad SMARTS) is 1. The molecule has 2 atom stereocenters. The Kier molecular flexibility index (Phi) is 3.66. The summed E-state index contributed by atoms with van der Waals surface area (Å²) in [5.41, 5.74) is -0.146. The minimum Gasteiger partial charge on any atom is -0.477 e. The van der Waals surface area contributed by atoms with Crippen molar-refractivity contribution in [3.05, 3.63) is 18.0 Å². The highest BCUT2D eigenvalue weighted by molar-refractivity contribution is 7.89. The van der Waals surface area contributed by atoms with E-state index in [0.717, 1.165) is 6.07 Å². The van der Waals surface area contributed by atoms with Gasteiger partial charge in [-0.05, 0) is 19.9 Å². The molecule has 19 heavy (non-hydrogen) atoms. The Bertz CT molecular complexity index is 580. The molecule has 1 aliphatic heterocycles. The molecule has 2 heterocycles. The first-order chi connectivity index (χ1) is 8.82. The van der Waals surface area contributed by atoms with E-state index < -0.39 is 16.0 Å². The van der Waals surface area contributed by atoms with Gasteiger partial charge in [-0.2, -0.15) is 4.31 Å². The smallest absolute Gasteiger partial charge is 0.352 e. The normalized spacial score (nSPS) is 25.4. The quantitative estimate of drug-likeness (QED) is 0.844. The lowest BCUT2D eigenvalue weighted by Gasteiger charge is -2.35. The average Bonchev–Trinajstić information content (AvgIpc) is 2.82. The Balaban J connectivity index is 2.32. The van der Waals surface area contributed by atoms with Crippen molar-refractivity contribution in [3.63, 3.8) is 0 Å². The van der Waals surface area contributed by atoms with Crippen LogP contribution in [0.1, 0.15) is 24.3 Å². The van der Waals surface area contributed by atoms with Gasteiger partial charge < -0.3 is 14.8 Å². The van der Waals surface area contributed by atoms with Gasteiger partial charge in [0.05, 0.1) is 12.7 Å². The van der Waals surface area contributed by atoms with Crippen LogP contribution in [-0.4, -0.2) is 54.1 Å². The number of H-pyrrole nitrogens is 1. The number of ether oxygens (including phenoxy) is 1. The lowest BCUT2D eigenvalue weighted by molar-refractivity contribution is -0.0170. The predicted octanol–water partition coefficient (Wildman–Crippen LogP) is 0.511. The number of nitrogens with zero attached hydrogens (tertiary/aromatic N) is 1. The molecule has 0 aromatic carbocycles. The Morgan fingerprint density at radius 2 is 2.21 bits per heavy atom. The molecule has 1 fully saturated rings. The Morgan fingerprint density at radius 1 is 1.53 bits per heavy atom. The first-order valence-corrected chi connectivity index (χ1v) is 7.31. The third-order valence-corrected chi connectivity index (χ3v) is 5.00. The van der Waals surface area contributed by atoms with Gasteiger partial charge in [-0.1, -0.05) is 0 Å². The SMILES string of the molecule is CC1CN(S(=O)(=O)c2c[nH]c(C(=O)O)c2)C(C)CO1. The van der Waals surface area contributed by atoms with Gasteiger partial charge in [0.15, 0.2) is 0 Å². The summed E-state index contributed by atoms with van der Waals surface area (Å²) < 4.78 is 31.6. The second kappa shape index (κ2) is 4.95. The van der Waals surface area contributed by atoms with Crippen LogP contribution in [0.3, 0.4) is 0 Å². The molecule has 0 spiro atoms.